The molecule has 1 saturated carbocycles. The van der Waals surface area contributed by atoms with Gasteiger partial charge in [0, 0.05) is 56.6 Å². The van der Waals surface area contributed by atoms with Gasteiger partial charge >= 0.3 is 6.03 Å². The molecule has 9 heteroatoms. The number of anilines is 2. The Morgan fingerprint density at radius 3 is 2.33 bits per heavy atom. The molecule has 33 heavy (non-hydrogen) atoms. The van der Waals surface area contributed by atoms with Gasteiger partial charge in [0.15, 0.2) is 0 Å². The molecule has 0 radical (unpaired) electrons. The largest absolute Gasteiger partial charge is 0.368 e. The van der Waals surface area contributed by atoms with E-state index in [0.29, 0.717) is 6.54 Å². The molecule has 3 amide bonds. The maximum Gasteiger partial charge on any atom is 0.312 e. The quantitative estimate of drug-likeness (QED) is 0.622. The normalized spacial score (nSPS) is 20.9. The highest BCUT2D eigenvalue weighted by molar-refractivity contribution is 5.78. The molecule has 0 bridgehead atoms. The first-order valence-corrected chi connectivity index (χ1v) is 11.5. The number of hydrogen-bond donors (Lipinski definition) is 3. The zero-order valence-corrected chi connectivity index (χ0v) is 18.7. The van der Waals surface area contributed by atoms with E-state index in [1.165, 1.54) is 12.1 Å². The predicted molar refractivity (Wildman–Crippen MR) is 125 cm³/mol. The number of pyridine rings is 1. The summed E-state index contributed by atoms with van der Waals surface area (Å²) in [5.41, 5.74) is 7.22. The van der Waals surface area contributed by atoms with Gasteiger partial charge in [-0.25, -0.2) is 14.2 Å². The lowest BCUT2D eigenvalue weighted by Gasteiger charge is -2.36. The molecule has 1 aliphatic heterocycles. The lowest BCUT2D eigenvalue weighted by atomic mass is 9.85. The molecule has 176 valence electrons. The van der Waals surface area contributed by atoms with Crippen molar-refractivity contribution in [2.45, 2.75) is 38.3 Å². The molecule has 2 fully saturated rings. The van der Waals surface area contributed by atoms with Crippen LogP contribution in [0.5, 0.6) is 0 Å². The zero-order valence-electron chi connectivity index (χ0n) is 18.7. The molecule has 1 aliphatic carbocycles. The number of nitrogens with zero attached hydrogens (tertiary/aromatic N) is 3. The third-order valence-corrected chi connectivity index (χ3v) is 6.52. The Bertz CT molecular complexity index is 954. The fourth-order valence-electron chi connectivity index (χ4n) is 4.62. The van der Waals surface area contributed by atoms with Gasteiger partial charge in [0.2, 0.25) is 5.91 Å². The Hall–Kier alpha value is -3.36. The number of piperazine rings is 1. The van der Waals surface area contributed by atoms with Crippen LogP contribution in [0.3, 0.4) is 0 Å². The van der Waals surface area contributed by atoms with Crippen LogP contribution >= 0.6 is 0 Å². The lowest BCUT2D eigenvalue weighted by molar-refractivity contribution is -0.126. The van der Waals surface area contributed by atoms with E-state index in [0.717, 1.165) is 68.9 Å². The molecule has 1 aromatic heterocycles. The third-order valence-electron chi connectivity index (χ3n) is 6.52. The van der Waals surface area contributed by atoms with E-state index in [9.17, 15) is 14.0 Å². The van der Waals surface area contributed by atoms with Crippen molar-refractivity contribution in [3.63, 3.8) is 0 Å². The number of hydrogen-bond acceptors (Lipinski definition) is 5. The second-order valence-corrected chi connectivity index (χ2v) is 8.75. The van der Waals surface area contributed by atoms with Crippen LogP contribution < -0.4 is 26.2 Å². The summed E-state index contributed by atoms with van der Waals surface area (Å²) >= 11 is 0. The van der Waals surface area contributed by atoms with Crippen molar-refractivity contribution >= 4 is 23.4 Å². The van der Waals surface area contributed by atoms with E-state index in [2.05, 4.69) is 25.4 Å². The summed E-state index contributed by atoms with van der Waals surface area (Å²) in [4.78, 5) is 32.6. The minimum atomic E-state index is -0.506. The van der Waals surface area contributed by atoms with E-state index >= 15 is 0 Å². The van der Waals surface area contributed by atoms with Crippen molar-refractivity contribution in [1.82, 2.24) is 15.6 Å². The number of halogens is 1. The molecular weight excluding hydrogens is 423 g/mol. The molecule has 4 rings (SSSR count). The first-order chi connectivity index (χ1) is 16.0. The van der Waals surface area contributed by atoms with E-state index < -0.39 is 6.03 Å². The number of urea groups is 1. The van der Waals surface area contributed by atoms with Gasteiger partial charge in [-0.05, 0) is 67.6 Å². The summed E-state index contributed by atoms with van der Waals surface area (Å²) in [6, 6.07) is 10.1. The van der Waals surface area contributed by atoms with Crippen molar-refractivity contribution in [1.29, 1.82) is 0 Å². The average molecular weight is 455 g/mol. The van der Waals surface area contributed by atoms with Crippen LogP contribution in [0.4, 0.5) is 20.7 Å². The van der Waals surface area contributed by atoms with Crippen molar-refractivity contribution in [3.05, 3.63) is 54.0 Å². The second-order valence-electron chi connectivity index (χ2n) is 8.75. The van der Waals surface area contributed by atoms with Crippen molar-refractivity contribution in [2.24, 2.45) is 11.7 Å². The minimum Gasteiger partial charge on any atom is -0.368 e. The molecule has 8 nitrogen and oxygen atoms in total. The van der Waals surface area contributed by atoms with Crippen LogP contribution in [-0.2, 0) is 11.3 Å². The Morgan fingerprint density at radius 1 is 1.00 bits per heavy atom. The molecule has 0 spiro atoms. The summed E-state index contributed by atoms with van der Waals surface area (Å²) in [7, 11) is 0. The summed E-state index contributed by atoms with van der Waals surface area (Å²) in [6.45, 7) is 3.78. The van der Waals surface area contributed by atoms with Gasteiger partial charge in [0.1, 0.15) is 11.6 Å². The highest BCUT2D eigenvalue weighted by Crippen LogP contribution is 2.25. The predicted octanol–water partition coefficient (Wildman–Crippen LogP) is 2.39. The summed E-state index contributed by atoms with van der Waals surface area (Å²) in [5.74, 6) is 0.701. The maximum absolute atomic E-state index is 13.2. The van der Waals surface area contributed by atoms with E-state index in [4.69, 9.17) is 5.73 Å². The monoisotopic (exact) mass is 454 g/mol. The number of carbonyl (C=O) groups is 2. The molecule has 2 aliphatic rings. The number of rotatable bonds is 6. The highest BCUT2D eigenvalue weighted by atomic mass is 19.1. The SMILES string of the molecule is NC(=O)NC1CCC(C(=O)NCc2ccnc(N3CCN(c4ccc(F)cc4)CC3)c2)CC1. The topological polar surface area (TPSA) is 104 Å². The van der Waals surface area contributed by atoms with Crippen LogP contribution in [-0.4, -0.2) is 49.1 Å². The number of nitrogens with one attached hydrogen (secondary N) is 2. The molecule has 1 saturated heterocycles. The molecule has 1 aromatic carbocycles. The summed E-state index contributed by atoms with van der Waals surface area (Å²) in [5, 5.41) is 5.78. The first-order valence-electron chi connectivity index (χ1n) is 11.5. The molecule has 0 atom stereocenters. The fraction of sp³-hybridized carbons (Fsp3) is 0.458. The lowest BCUT2D eigenvalue weighted by Crippen LogP contribution is -2.46. The Kier molecular flexibility index (Phi) is 7.26. The summed E-state index contributed by atoms with van der Waals surface area (Å²) in [6.07, 6.45) is 4.81. The van der Waals surface area contributed by atoms with E-state index in [-0.39, 0.29) is 23.7 Å². The third kappa shape index (κ3) is 6.12. The van der Waals surface area contributed by atoms with Gasteiger partial charge in [-0.3, -0.25) is 4.79 Å². The molecule has 2 heterocycles. The van der Waals surface area contributed by atoms with Crippen LogP contribution in [0.1, 0.15) is 31.2 Å². The van der Waals surface area contributed by atoms with Gasteiger partial charge in [-0.1, -0.05) is 0 Å². The van der Waals surface area contributed by atoms with Gasteiger partial charge in [-0.2, -0.15) is 0 Å². The van der Waals surface area contributed by atoms with Gasteiger partial charge in [-0.15, -0.1) is 0 Å². The van der Waals surface area contributed by atoms with Gasteiger partial charge < -0.3 is 26.2 Å². The number of nitrogens with two attached hydrogens (primary N) is 1. The number of primary amides is 1. The van der Waals surface area contributed by atoms with Crippen molar-refractivity contribution in [3.8, 4) is 0 Å². The minimum absolute atomic E-state index is 0.0308. The molecule has 4 N–H and O–H groups in total. The average Bonchev–Trinajstić information content (AvgIpc) is 2.83. The van der Waals surface area contributed by atoms with Gasteiger partial charge in [0.25, 0.3) is 0 Å². The van der Waals surface area contributed by atoms with E-state index in [1.807, 2.05) is 24.3 Å². The Morgan fingerprint density at radius 2 is 1.67 bits per heavy atom. The van der Waals surface area contributed by atoms with Crippen molar-refractivity contribution < 1.29 is 14.0 Å². The summed E-state index contributed by atoms with van der Waals surface area (Å²) < 4.78 is 13.2. The fourth-order valence-corrected chi connectivity index (χ4v) is 4.62. The maximum atomic E-state index is 13.2. The molecule has 0 unspecified atom stereocenters. The second kappa shape index (κ2) is 10.5. The Balaban J connectivity index is 1.25. The van der Waals surface area contributed by atoms with E-state index in [1.54, 1.807) is 6.20 Å². The molecule has 2 aromatic rings. The molecular formula is C24H31FN6O2. The van der Waals surface area contributed by atoms with Crippen LogP contribution in [0.15, 0.2) is 42.6 Å². The van der Waals surface area contributed by atoms with Crippen LogP contribution in [0.2, 0.25) is 0 Å². The first kappa shape index (κ1) is 22.8. The van der Waals surface area contributed by atoms with Crippen molar-refractivity contribution in [2.75, 3.05) is 36.0 Å². The zero-order chi connectivity index (χ0) is 23.2. The highest BCUT2D eigenvalue weighted by Gasteiger charge is 2.26. The van der Waals surface area contributed by atoms with Crippen LogP contribution in [0.25, 0.3) is 0 Å². The smallest absolute Gasteiger partial charge is 0.312 e. The number of carbonyl (C=O) groups excluding carboxylic acids is 2. The Labute approximate surface area is 193 Å². The van der Waals surface area contributed by atoms with Gasteiger partial charge in [0.05, 0.1) is 0 Å². The number of amides is 3. The number of aromatic nitrogens is 1. The van der Waals surface area contributed by atoms with Crippen LogP contribution in [0, 0.1) is 11.7 Å². The number of benzene rings is 1. The standard InChI is InChI=1S/C24H31FN6O2/c25-19-3-7-21(8-4-19)30-11-13-31(14-12-30)22-15-17(9-10-27-22)16-28-23(32)18-1-5-20(6-2-18)29-24(26)33/h3-4,7-10,15,18,20H,1-2,5-6,11-14,16H2,(H,28,32)(H3,26,29,33).